The van der Waals surface area contributed by atoms with Crippen LogP contribution in [0.2, 0.25) is 5.02 Å². The molecule has 162 valence electrons. The summed E-state index contributed by atoms with van der Waals surface area (Å²) in [5.74, 6) is -0.0255. The van der Waals surface area contributed by atoms with Gasteiger partial charge in [0.2, 0.25) is 0 Å². The minimum atomic E-state index is -0.0255. The summed E-state index contributed by atoms with van der Waals surface area (Å²) in [5.41, 5.74) is 5.86. The number of halogens is 1. The summed E-state index contributed by atoms with van der Waals surface area (Å²) >= 11 is 6.29. The monoisotopic (exact) mass is 444 g/mol. The molecule has 5 nitrogen and oxygen atoms in total. The number of nitrogens with zero attached hydrogens (tertiary/aromatic N) is 4. The van der Waals surface area contributed by atoms with Gasteiger partial charge in [-0.05, 0) is 42.3 Å². The Labute approximate surface area is 192 Å². The predicted molar refractivity (Wildman–Crippen MR) is 127 cm³/mol. The first kappa shape index (κ1) is 20.7. The number of aromatic nitrogens is 2. The van der Waals surface area contributed by atoms with E-state index in [0.717, 1.165) is 24.3 Å². The van der Waals surface area contributed by atoms with E-state index in [1.54, 1.807) is 0 Å². The lowest BCUT2D eigenvalue weighted by Gasteiger charge is -2.28. The summed E-state index contributed by atoms with van der Waals surface area (Å²) in [6.45, 7) is 2.67. The molecule has 0 unspecified atom stereocenters. The lowest BCUT2D eigenvalue weighted by atomic mass is 9.99. The molecule has 0 aliphatic carbocycles. The van der Waals surface area contributed by atoms with Gasteiger partial charge < -0.3 is 9.30 Å². The van der Waals surface area contributed by atoms with E-state index in [4.69, 9.17) is 16.6 Å². The fourth-order valence-electron chi connectivity index (χ4n) is 4.42. The van der Waals surface area contributed by atoms with Crippen LogP contribution < -0.4 is 0 Å². The van der Waals surface area contributed by atoms with Crippen molar-refractivity contribution in [3.8, 4) is 0 Å². The van der Waals surface area contributed by atoms with Crippen LogP contribution in [0.5, 0.6) is 0 Å². The van der Waals surface area contributed by atoms with Gasteiger partial charge in [-0.3, -0.25) is 9.69 Å². The average molecular weight is 445 g/mol. The fraction of sp³-hybridized carbons (Fsp3) is 0.231. The molecule has 0 saturated carbocycles. The van der Waals surface area contributed by atoms with E-state index >= 15 is 0 Å². The van der Waals surface area contributed by atoms with Gasteiger partial charge in [0.15, 0.2) is 5.69 Å². The number of hydrogen-bond donors (Lipinski definition) is 0. The molecule has 1 aliphatic rings. The number of hydrogen-bond acceptors (Lipinski definition) is 3. The number of imidazole rings is 1. The molecule has 1 aliphatic heterocycles. The van der Waals surface area contributed by atoms with Crippen molar-refractivity contribution in [1.29, 1.82) is 0 Å². The van der Waals surface area contributed by atoms with Crippen LogP contribution in [0.15, 0.2) is 72.9 Å². The van der Waals surface area contributed by atoms with Crippen LogP contribution in [-0.4, -0.2) is 38.7 Å². The highest BCUT2D eigenvalue weighted by molar-refractivity contribution is 6.30. The maximum Gasteiger partial charge on any atom is 0.274 e. The summed E-state index contributed by atoms with van der Waals surface area (Å²) < 4.78 is 1.95. The third-order valence-corrected chi connectivity index (χ3v) is 6.24. The van der Waals surface area contributed by atoms with Gasteiger partial charge in [-0.2, -0.15) is 0 Å². The second-order valence-corrected chi connectivity index (χ2v) is 8.82. The van der Waals surface area contributed by atoms with Crippen molar-refractivity contribution in [3.05, 3.63) is 106 Å². The highest BCUT2D eigenvalue weighted by Crippen LogP contribution is 2.24. The molecule has 32 heavy (non-hydrogen) atoms. The number of carbonyl (C=O) groups excluding carboxylic acids is 1. The number of carbonyl (C=O) groups is 1. The average Bonchev–Trinajstić information content (AvgIpc) is 3.16. The lowest BCUT2D eigenvalue weighted by Crippen LogP contribution is -2.37. The molecule has 1 amide bonds. The maximum absolute atomic E-state index is 13.6. The second kappa shape index (κ2) is 8.77. The highest BCUT2D eigenvalue weighted by atomic mass is 35.5. The van der Waals surface area contributed by atoms with Crippen molar-refractivity contribution >= 4 is 23.2 Å². The van der Waals surface area contributed by atoms with E-state index in [2.05, 4.69) is 42.3 Å². The van der Waals surface area contributed by atoms with Crippen molar-refractivity contribution in [2.45, 2.75) is 26.1 Å². The van der Waals surface area contributed by atoms with Crippen LogP contribution in [0.25, 0.3) is 5.65 Å². The van der Waals surface area contributed by atoms with Gasteiger partial charge in [0, 0.05) is 32.4 Å². The molecule has 0 atom stereocenters. The predicted octanol–water partition coefficient (Wildman–Crippen LogP) is 4.82. The molecule has 0 bridgehead atoms. The van der Waals surface area contributed by atoms with Crippen molar-refractivity contribution in [3.63, 3.8) is 0 Å². The molecule has 0 fully saturated rings. The van der Waals surface area contributed by atoms with E-state index in [9.17, 15) is 4.79 Å². The maximum atomic E-state index is 13.6. The third kappa shape index (κ3) is 4.14. The molecule has 0 radical (unpaired) electrons. The molecular weight excluding hydrogens is 420 g/mol. The number of pyridine rings is 1. The Bertz CT molecular complexity index is 1270. The van der Waals surface area contributed by atoms with Gasteiger partial charge in [0.25, 0.3) is 5.91 Å². The van der Waals surface area contributed by atoms with Gasteiger partial charge >= 0.3 is 0 Å². The van der Waals surface area contributed by atoms with Crippen molar-refractivity contribution in [2.24, 2.45) is 0 Å². The zero-order valence-electron chi connectivity index (χ0n) is 18.0. The Morgan fingerprint density at radius 2 is 1.75 bits per heavy atom. The van der Waals surface area contributed by atoms with Crippen LogP contribution in [-0.2, 0) is 26.1 Å². The Morgan fingerprint density at radius 3 is 2.56 bits per heavy atom. The highest BCUT2D eigenvalue weighted by Gasteiger charge is 2.27. The normalized spacial score (nSPS) is 13.5. The van der Waals surface area contributed by atoms with Gasteiger partial charge in [-0.25, -0.2) is 4.98 Å². The molecule has 2 aromatic carbocycles. The molecule has 0 saturated heterocycles. The number of rotatable bonds is 5. The molecular formula is C26H25ClN4O. The summed E-state index contributed by atoms with van der Waals surface area (Å²) in [4.78, 5) is 22.5. The summed E-state index contributed by atoms with van der Waals surface area (Å²) in [7, 11) is 2.06. The molecule has 5 rings (SSSR count). The summed E-state index contributed by atoms with van der Waals surface area (Å²) in [6, 6.07) is 22.3. The standard InChI is InChI=1S/C26H25ClN4O/c1-29(15-19-7-3-2-4-8-19)18-23-25(28-24-12-11-22(27)17-31(23)24)26(32)30-14-13-20-9-5-6-10-21(20)16-30/h2-12,17H,13-16,18H2,1H3. The third-order valence-electron chi connectivity index (χ3n) is 6.02. The van der Waals surface area contributed by atoms with Gasteiger partial charge in [0.1, 0.15) is 5.65 Å². The molecule has 2 aromatic heterocycles. The molecule has 0 spiro atoms. The zero-order chi connectivity index (χ0) is 22.1. The minimum absolute atomic E-state index is 0.0255. The topological polar surface area (TPSA) is 40.9 Å². The second-order valence-electron chi connectivity index (χ2n) is 8.39. The summed E-state index contributed by atoms with van der Waals surface area (Å²) in [6.07, 6.45) is 2.71. The minimum Gasteiger partial charge on any atom is -0.333 e. The van der Waals surface area contributed by atoms with E-state index in [1.807, 2.05) is 51.9 Å². The lowest BCUT2D eigenvalue weighted by molar-refractivity contribution is 0.0727. The molecule has 6 heteroatoms. The largest absolute Gasteiger partial charge is 0.333 e. The first-order chi connectivity index (χ1) is 15.6. The Morgan fingerprint density at radius 1 is 1.00 bits per heavy atom. The molecule has 0 N–H and O–H groups in total. The summed E-state index contributed by atoms with van der Waals surface area (Å²) in [5, 5.41) is 0.618. The van der Waals surface area contributed by atoms with Crippen molar-refractivity contribution in [1.82, 2.24) is 19.2 Å². The Balaban J connectivity index is 1.46. The van der Waals surface area contributed by atoms with E-state index in [1.165, 1.54) is 16.7 Å². The Kier molecular flexibility index (Phi) is 5.68. The quantitative estimate of drug-likeness (QED) is 0.443. The first-order valence-corrected chi connectivity index (χ1v) is 11.2. The van der Waals surface area contributed by atoms with Crippen LogP contribution in [0.4, 0.5) is 0 Å². The van der Waals surface area contributed by atoms with Gasteiger partial charge in [0.05, 0.1) is 10.7 Å². The zero-order valence-corrected chi connectivity index (χ0v) is 18.8. The van der Waals surface area contributed by atoms with E-state index < -0.39 is 0 Å². The van der Waals surface area contributed by atoms with Crippen LogP contribution >= 0.6 is 11.6 Å². The van der Waals surface area contributed by atoms with E-state index in [0.29, 0.717) is 30.4 Å². The number of amides is 1. The number of fused-ring (bicyclic) bond motifs is 2. The Hall–Kier alpha value is -3.15. The SMILES string of the molecule is CN(Cc1ccccc1)Cc1c(C(=O)N2CCc3ccccc3C2)nc2ccc(Cl)cn12. The van der Waals surface area contributed by atoms with Gasteiger partial charge in [-0.15, -0.1) is 0 Å². The fourth-order valence-corrected chi connectivity index (χ4v) is 4.58. The van der Waals surface area contributed by atoms with Crippen LogP contribution in [0, 0.1) is 0 Å². The smallest absolute Gasteiger partial charge is 0.274 e. The molecule has 4 aromatic rings. The van der Waals surface area contributed by atoms with Crippen molar-refractivity contribution in [2.75, 3.05) is 13.6 Å². The van der Waals surface area contributed by atoms with E-state index in [-0.39, 0.29) is 5.91 Å². The molecule has 3 heterocycles. The van der Waals surface area contributed by atoms with Crippen LogP contribution in [0.3, 0.4) is 0 Å². The van der Waals surface area contributed by atoms with Gasteiger partial charge in [-0.1, -0.05) is 66.2 Å². The number of benzene rings is 2. The van der Waals surface area contributed by atoms with Crippen LogP contribution in [0.1, 0.15) is 32.9 Å². The van der Waals surface area contributed by atoms with Crippen molar-refractivity contribution < 1.29 is 4.79 Å². The first-order valence-electron chi connectivity index (χ1n) is 10.8.